The number of sulfonamides is 1. The van der Waals surface area contributed by atoms with Crippen molar-refractivity contribution in [1.29, 1.82) is 0 Å². The Morgan fingerprint density at radius 3 is 2.74 bits per heavy atom. The first-order valence-electron chi connectivity index (χ1n) is 8.46. The summed E-state index contributed by atoms with van der Waals surface area (Å²) >= 11 is 3.37. The summed E-state index contributed by atoms with van der Waals surface area (Å²) in [6, 6.07) is 11.9. The number of anilines is 1. The molecule has 2 aromatic carbocycles. The lowest BCUT2D eigenvalue weighted by atomic mass is 9.99. The molecule has 1 heterocycles. The van der Waals surface area contributed by atoms with Gasteiger partial charge in [-0.3, -0.25) is 9.10 Å². The fourth-order valence-electron chi connectivity index (χ4n) is 3.08. The molecule has 1 aliphatic heterocycles. The summed E-state index contributed by atoms with van der Waals surface area (Å²) < 4.78 is 34.7. The molecule has 0 fully saturated rings. The van der Waals surface area contributed by atoms with Gasteiger partial charge in [-0.25, -0.2) is 8.42 Å². The van der Waals surface area contributed by atoms with Crippen molar-refractivity contribution in [3.8, 4) is 5.75 Å². The molecule has 0 radical (unpaired) electrons. The second-order valence-electron chi connectivity index (χ2n) is 6.70. The first kappa shape index (κ1) is 19.7. The maximum Gasteiger partial charge on any atom is 0.303 e. The Labute approximate surface area is 166 Å². The van der Waals surface area contributed by atoms with Gasteiger partial charge in [-0.05, 0) is 42.8 Å². The van der Waals surface area contributed by atoms with Crippen LogP contribution in [0, 0.1) is 12.8 Å². The van der Waals surface area contributed by atoms with Crippen molar-refractivity contribution in [3.05, 3.63) is 52.5 Å². The average molecular weight is 454 g/mol. The van der Waals surface area contributed by atoms with Crippen LogP contribution in [0.25, 0.3) is 0 Å². The minimum absolute atomic E-state index is 0.0498. The monoisotopic (exact) mass is 453 g/mol. The molecule has 1 aliphatic rings. The van der Waals surface area contributed by atoms with Gasteiger partial charge in [0.25, 0.3) is 10.0 Å². The number of halogens is 1. The van der Waals surface area contributed by atoms with Crippen LogP contribution in [0.15, 0.2) is 51.8 Å². The molecule has 1 N–H and O–H groups in total. The van der Waals surface area contributed by atoms with E-state index in [1.165, 1.54) is 4.31 Å². The highest BCUT2D eigenvalue weighted by Crippen LogP contribution is 2.40. The molecule has 0 bridgehead atoms. The van der Waals surface area contributed by atoms with Crippen molar-refractivity contribution in [2.24, 2.45) is 5.92 Å². The van der Waals surface area contributed by atoms with Crippen molar-refractivity contribution in [2.75, 3.05) is 10.8 Å². The van der Waals surface area contributed by atoms with E-state index in [9.17, 15) is 13.2 Å². The summed E-state index contributed by atoms with van der Waals surface area (Å²) in [7, 11) is -3.82. The standard InChI is InChI=1S/C19H20BrNO5S/c1-12-4-3-5-15(8-12)27(24,25)21-11-18(13(2)9-19(22)23)26-17-7-6-14(20)10-16(17)21/h3-8,10,13,18H,9,11H2,1-2H3,(H,22,23)/t13-,18-/m1/s1. The number of carboxylic acid groups (broad SMARTS) is 1. The first-order valence-corrected chi connectivity index (χ1v) is 10.7. The number of carbonyl (C=O) groups is 1. The van der Waals surface area contributed by atoms with Gasteiger partial charge in [-0.1, -0.05) is 35.0 Å². The Hall–Kier alpha value is -2.06. The molecule has 27 heavy (non-hydrogen) atoms. The molecular formula is C19H20BrNO5S. The molecular weight excluding hydrogens is 434 g/mol. The zero-order valence-corrected chi connectivity index (χ0v) is 17.3. The largest absolute Gasteiger partial charge is 0.486 e. The zero-order chi connectivity index (χ0) is 19.8. The van der Waals surface area contributed by atoms with Gasteiger partial charge in [-0.15, -0.1) is 0 Å². The van der Waals surface area contributed by atoms with E-state index in [2.05, 4.69) is 15.9 Å². The Bertz CT molecular complexity index is 976. The van der Waals surface area contributed by atoms with E-state index in [0.29, 0.717) is 11.4 Å². The van der Waals surface area contributed by atoms with Crippen LogP contribution in [0.5, 0.6) is 5.75 Å². The SMILES string of the molecule is Cc1cccc(S(=O)(=O)N2C[C@H]([C@H](C)CC(=O)O)Oc3ccc(Br)cc32)c1. The molecule has 144 valence electrons. The van der Waals surface area contributed by atoms with Gasteiger partial charge in [-0.2, -0.15) is 0 Å². The molecule has 0 saturated heterocycles. The van der Waals surface area contributed by atoms with Crippen molar-refractivity contribution in [3.63, 3.8) is 0 Å². The highest BCUT2D eigenvalue weighted by atomic mass is 79.9. The molecule has 0 amide bonds. The van der Waals surface area contributed by atoms with Gasteiger partial charge in [0.05, 0.1) is 23.5 Å². The third kappa shape index (κ3) is 4.11. The molecule has 2 atom stereocenters. The van der Waals surface area contributed by atoms with Crippen LogP contribution in [-0.4, -0.2) is 32.1 Å². The summed E-state index contributed by atoms with van der Waals surface area (Å²) in [5.41, 5.74) is 1.28. The quantitative estimate of drug-likeness (QED) is 0.743. The van der Waals surface area contributed by atoms with E-state index in [4.69, 9.17) is 9.84 Å². The average Bonchev–Trinajstić information content (AvgIpc) is 2.60. The van der Waals surface area contributed by atoms with Crippen molar-refractivity contribution in [1.82, 2.24) is 0 Å². The topological polar surface area (TPSA) is 83.9 Å². The molecule has 8 heteroatoms. The van der Waals surface area contributed by atoms with Gasteiger partial charge in [0, 0.05) is 10.4 Å². The number of benzene rings is 2. The van der Waals surface area contributed by atoms with Crippen LogP contribution in [0.3, 0.4) is 0 Å². The predicted octanol–water partition coefficient (Wildman–Crippen LogP) is 3.82. The maximum absolute atomic E-state index is 13.3. The molecule has 0 aliphatic carbocycles. The maximum atomic E-state index is 13.3. The molecule has 0 unspecified atom stereocenters. The van der Waals surface area contributed by atoms with Gasteiger partial charge < -0.3 is 9.84 Å². The Morgan fingerprint density at radius 1 is 1.33 bits per heavy atom. The third-order valence-electron chi connectivity index (χ3n) is 4.52. The van der Waals surface area contributed by atoms with Gasteiger partial charge >= 0.3 is 5.97 Å². The highest BCUT2D eigenvalue weighted by Gasteiger charge is 2.37. The fourth-order valence-corrected chi connectivity index (χ4v) is 5.01. The summed E-state index contributed by atoms with van der Waals surface area (Å²) in [6.07, 6.45) is -0.663. The van der Waals surface area contributed by atoms with Crippen LogP contribution in [0.4, 0.5) is 5.69 Å². The second kappa shape index (κ2) is 7.52. The highest BCUT2D eigenvalue weighted by molar-refractivity contribution is 9.10. The number of carboxylic acids is 1. The first-order chi connectivity index (χ1) is 12.7. The summed E-state index contributed by atoms with van der Waals surface area (Å²) in [6.45, 7) is 3.63. The molecule has 2 aromatic rings. The number of ether oxygens (including phenoxy) is 1. The minimum atomic E-state index is -3.82. The minimum Gasteiger partial charge on any atom is -0.486 e. The lowest BCUT2D eigenvalue weighted by Crippen LogP contribution is -2.46. The van der Waals surface area contributed by atoms with E-state index >= 15 is 0 Å². The number of fused-ring (bicyclic) bond motifs is 1. The molecule has 6 nitrogen and oxygen atoms in total. The number of rotatable bonds is 5. The van der Waals surface area contributed by atoms with E-state index in [-0.39, 0.29) is 23.8 Å². The number of hydrogen-bond donors (Lipinski definition) is 1. The number of aliphatic carboxylic acids is 1. The molecule has 0 aromatic heterocycles. The van der Waals surface area contributed by atoms with E-state index in [0.717, 1.165) is 10.0 Å². The number of aryl methyl sites for hydroxylation is 1. The Kier molecular flexibility index (Phi) is 5.48. The normalized spacial score (nSPS) is 17.7. The van der Waals surface area contributed by atoms with Crippen molar-refractivity contribution >= 4 is 37.6 Å². The Balaban J connectivity index is 2.06. The summed E-state index contributed by atoms with van der Waals surface area (Å²) in [5.74, 6) is -0.877. The summed E-state index contributed by atoms with van der Waals surface area (Å²) in [4.78, 5) is 11.3. The van der Waals surface area contributed by atoms with Crippen molar-refractivity contribution in [2.45, 2.75) is 31.3 Å². The molecule has 0 saturated carbocycles. The van der Waals surface area contributed by atoms with Crippen LogP contribution in [0.1, 0.15) is 18.9 Å². The van der Waals surface area contributed by atoms with Crippen LogP contribution < -0.4 is 9.04 Å². The number of nitrogens with zero attached hydrogens (tertiary/aromatic N) is 1. The molecule has 3 rings (SSSR count). The lowest BCUT2D eigenvalue weighted by molar-refractivity contribution is -0.138. The van der Waals surface area contributed by atoms with Gasteiger partial charge in [0.1, 0.15) is 11.9 Å². The van der Waals surface area contributed by atoms with E-state index in [1.807, 2.05) is 13.0 Å². The van der Waals surface area contributed by atoms with Crippen LogP contribution >= 0.6 is 15.9 Å². The second-order valence-corrected chi connectivity index (χ2v) is 9.47. The smallest absolute Gasteiger partial charge is 0.303 e. The van der Waals surface area contributed by atoms with Gasteiger partial charge in [0.15, 0.2) is 0 Å². The molecule has 0 spiro atoms. The van der Waals surface area contributed by atoms with Gasteiger partial charge in [0.2, 0.25) is 0 Å². The fraction of sp³-hybridized carbons (Fsp3) is 0.316. The number of hydrogen-bond acceptors (Lipinski definition) is 4. The van der Waals surface area contributed by atoms with E-state index in [1.54, 1.807) is 43.3 Å². The van der Waals surface area contributed by atoms with Crippen LogP contribution in [0.2, 0.25) is 0 Å². The van der Waals surface area contributed by atoms with Crippen LogP contribution in [-0.2, 0) is 14.8 Å². The van der Waals surface area contributed by atoms with Crippen molar-refractivity contribution < 1.29 is 23.1 Å². The lowest BCUT2D eigenvalue weighted by Gasteiger charge is -2.37. The predicted molar refractivity (Wildman–Crippen MR) is 106 cm³/mol. The van der Waals surface area contributed by atoms with E-state index < -0.39 is 22.1 Å². The third-order valence-corrected chi connectivity index (χ3v) is 6.79. The summed E-state index contributed by atoms with van der Waals surface area (Å²) in [5, 5.41) is 9.09. The zero-order valence-electron chi connectivity index (χ0n) is 14.9. The Morgan fingerprint density at radius 2 is 2.07 bits per heavy atom.